The van der Waals surface area contributed by atoms with Crippen LogP contribution in [-0.2, 0) is 9.59 Å². The number of carbonyl (C=O) groups is 3. The number of ether oxygens (including phenoxy) is 1. The molecule has 8 heteroatoms. The van der Waals surface area contributed by atoms with Gasteiger partial charge in [0.1, 0.15) is 5.75 Å². The monoisotopic (exact) mass is 360 g/mol. The highest BCUT2D eigenvalue weighted by Gasteiger charge is 2.33. The maximum Gasteiger partial charge on any atom is 0.318 e. The predicted octanol–water partition coefficient (Wildman–Crippen LogP) is 0.851. The van der Waals surface area contributed by atoms with Gasteiger partial charge in [0, 0.05) is 26.1 Å². The lowest BCUT2D eigenvalue weighted by Crippen LogP contribution is -2.52. The first-order chi connectivity index (χ1) is 12.5. The van der Waals surface area contributed by atoms with Gasteiger partial charge in [0.2, 0.25) is 5.91 Å². The van der Waals surface area contributed by atoms with Gasteiger partial charge in [-0.05, 0) is 31.4 Å². The number of para-hydroxylation sites is 2. The van der Waals surface area contributed by atoms with Crippen molar-refractivity contribution in [3.8, 4) is 5.75 Å². The number of anilines is 1. The van der Waals surface area contributed by atoms with Crippen LogP contribution in [0.25, 0.3) is 0 Å². The number of fused-ring (bicyclic) bond motifs is 1. The van der Waals surface area contributed by atoms with Crippen LogP contribution in [0.5, 0.6) is 5.75 Å². The van der Waals surface area contributed by atoms with E-state index in [4.69, 9.17) is 10.5 Å². The molecule has 1 fully saturated rings. The summed E-state index contributed by atoms with van der Waals surface area (Å²) in [5, 5.41) is 2.06. The van der Waals surface area contributed by atoms with Crippen LogP contribution >= 0.6 is 0 Å². The Morgan fingerprint density at radius 3 is 2.62 bits per heavy atom. The highest BCUT2D eigenvalue weighted by atomic mass is 16.5. The second-order valence-electron chi connectivity index (χ2n) is 6.57. The number of nitrogens with one attached hydrogen (secondary N) is 1. The summed E-state index contributed by atoms with van der Waals surface area (Å²) in [5.74, 6) is 0.176. The van der Waals surface area contributed by atoms with E-state index in [0.29, 0.717) is 18.8 Å². The molecule has 4 amide bonds. The largest absolute Gasteiger partial charge is 0.477 e. The standard InChI is InChI=1S/C18H24N4O4/c19-18(25)20-16(23)8-11-22-12-15(17(24)21-9-4-1-5-10-21)26-14-7-3-2-6-13(14)22/h2-3,6-7,15H,1,4-5,8-12H2,(H3,19,20,23,25). The summed E-state index contributed by atoms with van der Waals surface area (Å²) in [4.78, 5) is 39.1. The number of piperidine rings is 1. The number of nitrogens with two attached hydrogens (primary N) is 1. The van der Waals surface area contributed by atoms with Gasteiger partial charge in [-0.1, -0.05) is 12.1 Å². The fourth-order valence-corrected chi connectivity index (χ4v) is 3.40. The van der Waals surface area contributed by atoms with E-state index in [2.05, 4.69) is 5.32 Å². The summed E-state index contributed by atoms with van der Waals surface area (Å²) in [6.45, 7) is 2.27. The van der Waals surface area contributed by atoms with E-state index in [1.165, 1.54) is 0 Å². The van der Waals surface area contributed by atoms with Gasteiger partial charge in [0.05, 0.1) is 12.2 Å². The molecule has 3 rings (SSSR count). The fourth-order valence-electron chi connectivity index (χ4n) is 3.40. The van der Waals surface area contributed by atoms with Gasteiger partial charge in [-0.2, -0.15) is 0 Å². The molecule has 1 atom stereocenters. The first kappa shape index (κ1) is 18.0. The van der Waals surface area contributed by atoms with Crippen LogP contribution in [0.3, 0.4) is 0 Å². The van der Waals surface area contributed by atoms with Crippen LogP contribution in [0, 0.1) is 0 Å². The molecule has 3 N–H and O–H groups in total. The summed E-state index contributed by atoms with van der Waals surface area (Å²) in [5.41, 5.74) is 5.80. The van der Waals surface area contributed by atoms with Gasteiger partial charge in [-0.25, -0.2) is 4.79 Å². The van der Waals surface area contributed by atoms with Gasteiger partial charge < -0.3 is 20.3 Å². The lowest BCUT2D eigenvalue weighted by Gasteiger charge is -2.38. The third-order valence-corrected chi connectivity index (χ3v) is 4.68. The third kappa shape index (κ3) is 4.25. The van der Waals surface area contributed by atoms with Crippen molar-refractivity contribution in [2.75, 3.05) is 31.1 Å². The maximum atomic E-state index is 12.8. The topological polar surface area (TPSA) is 105 Å². The second-order valence-corrected chi connectivity index (χ2v) is 6.57. The van der Waals surface area contributed by atoms with E-state index in [1.54, 1.807) is 0 Å². The molecule has 0 radical (unpaired) electrons. The lowest BCUT2D eigenvalue weighted by molar-refractivity contribution is -0.139. The number of urea groups is 1. The van der Waals surface area contributed by atoms with E-state index in [-0.39, 0.29) is 12.3 Å². The Kier molecular flexibility index (Phi) is 5.60. The first-order valence-corrected chi connectivity index (χ1v) is 8.93. The van der Waals surface area contributed by atoms with Crippen molar-refractivity contribution < 1.29 is 19.1 Å². The molecule has 0 aliphatic carbocycles. The van der Waals surface area contributed by atoms with E-state index >= 15 is 0 Å². The fraction of sp³-hybridized carbons (Fsp3) is 0.500. The molecule has 0 aromatic heterocycles. The molecule has 8 nitrogen and oxygen atoms in total. The summed E-state index contributed by atoms with van der Waals surface area (Å²) < 4.78 is 5.94. The molecule has 1 unspecified atom stereocenters. The number of primary amides is 1. The quantitative estimate of drug-likeness (QED) is 0.828. The number of hydrogen-bond acceptors (Lipinski definition) is 5. The zero-order chi connectivity index (χ0) is 18.5. The van der Waals surface area contributed by atoms with Crippen LogP contribution in [0.15, 0.2) is 24.3 Å². The molecule has 2 heterocycles. The zero-order valence-corrected chi connectivity index (χ0v) is 14.6. The van der Waals surface area contributed by atoms with Gasteiger partial charge in [0.25, 0.3) is 5.91 Å². The molecule has 1 aromatic rings. The molecular weight excluding hydrogens is 336 g/mol. The van der Waals surface area contributed by atoms with Crippen molar-refractivity contribution in [2.45, 2.75) is 31.8 Å². The van der Waals surface area contributed by atoms with Crippen LogP contribution in [0.4, 0.5) is 10.5 Å². The van der Waals surface area contributed by atoms with Crippen molar-refractivity contribution in [3.05, 3.63) is 24.3 Å². The third-order valence-electron chi connectivity index (χ3n) is 4.68. The molecule has 0 bridgehead atoms. The Bertz CT molecular complexity index is 688. The highest BCUT2D eigenvalue weighted by Crippen LogP contribution is 2.33. The second kappa shape index (κ2) is 8.07. The molecule has 2 aliphatic heterocycles. The van der Waals surface area contributed by atoms with Gasteiger partial charge in [-0.3, -0.25) is 14.9 Å². The van der Waals surface area contributed by atoms with Crippen LogP contribution in [-0.4, -0.2) is 55.0 Å². The molecule has 26 heavy (non-hydrogen) atoms. The normalized spacial score (nSPS) is 19.3. The number of rotatable bonds is 4. The SMILES string of the molecule is NC(=O)NC(=O)CCN1CC(C(=O)N2CCCCC2)Oc2ccccc21. The van der Waals surface area contributed by atoms with E-state index in [1.807, 2.05) is 34.1 Å². The molecular formula is C18H24N4O4. The number of benzene rings is 1. The minimum absolute atomic E-state index is 0.00853. The summed E-state index contributed by atoms with van der Waals surface area (Å²) >= 11 is 0. The Hall–Kier alpha value is -2.77. The molecule has 2 aliphatic rings. The number of imide groups is 1. The average molecular weight is 360 g/mol. The maximum absolute atomic E-state index is 12.8. The van der Waals surface area contributed by atoms with Gasteiger partial charge in [0.15, 0.2) is 6.10 Å². The number of carbonyl (C=O) groups excluding carboxylic acids is 3. The number of amides is 4. The number of likely N-dealkylation sites (tertiary alicyclic amines) is 1. The van der Waals surface area contributed by atoms with Crippen LogP contribution in [0.2, 0.25) is 0 Å². The summed E-state index contributed by atoms with van der Waals surface area (Å²) in [6, 6.07) is 6.58. The number of hydrogen-bond donors (Lipinski definition) is 2. The minimum atomic E-state index is -0.865. The number of nitrogens with zero attached hydrogens (tertiary/aromatic N) is 2. The van der Waals surface area contributed by atoms with Gasteiger partial charge in [-0.15, -0.1) is 0 Å². The first-order valence-electron chi connectivity index (χ1n) is 8.93. The van der Waals surface area contributed by atoms with Crippen molar-refractivity contribution in [1.82, 2.24) is 10.2 Å². The highest BCUT2D eigenvalue weighted by molar-refractivity contribution is 5.93. The lowest BCUT2D eigenvalue weighted by atomic mass is 10.1. The van der Waals surface area contributed by atoms with Crippen molar-refractivity contribution >= 4 is 23.5 Å². The summed E-state index contributed by atoms with van der Waals surface area (Å²) in [6.07, 6.45) is 2.70. The zero-order valence-electron chi connectivity index (χ0n) is 14.6. The van der Waals surface area contributed by atoms with Gasteiger partial charge >= 0.3 is 6.03 Å². The molecule has 0 spiro atoms. The smallest absolute Gasteiger partial charge is 0.318 e. The average Bonchev–Trinajstić information content (AvgIpc) is 2.65. The summed E-state index contributed by atoms with van der Waals surface area (Å²) in [7, 11) is 0. The van der Waals surface area contributed by atoms with E-state index in [9.17, 15) is 14.4 Å². The Morgan fingerprint density at radius 1 is 1.15 bits per heavy atom. The van der Waals surface area contributed by atoms with E-state index < -0.39 is 18.0 Å². The molecule has 1 saturated heterocycles. The van der Waals surface area contributed by atoms with Crippen molar-refractivity contribution in [1.29, 1.82) is 0 Å². The molecule has 1 aromatic carbocycles. The molecule has 0 saturated carbocycles. The van der Waals surface area contributed by atoms with E-state index in [0.717, 1.165) is 38.0 Å². The Labute approximate surface area is 152 Å². The van der Waals surface area contributed by atoms with Crippen molar-refractivity contribution in [3.63, 3.8) is 0 Å². The Balaban J connectivity index is 1.70. The molecule has 140 valence electrons. The predicted molar refractivity (Wildman–Crippen MR) is 95.8 cm³/mol. The van der Waals surface area contributed by atoms with Crippen LogP contribution in [0.1, 0.15) is 25.7 Å². The van der Waals surface area contributed by atoms with Crippen LogP contribution < -0.4 is 20.7 Å². The minimum Gasteiger partial charge on any atom is -0.477 e. The Morgan fingerprint density at radius 2 is 1.88 bits per heavy atom. The van der Waals surface area contributed by atoms with Crippen molar-refractivity contribution in [2.24, 2.45) is 5.73 Å².